The molecule has 0 aromatic carbocycles. The fourth-order valence-corrected chi connectivity index (χ4v) is 2.54. The summed E-state index contributed by atoms with van der Waals surface area (Å²) in [5.41, 5.74) is 5.03. The number of thiazole rings is 1. The third-order valence-corrected chi connectivity index (χ3v) is 3.61. The van der Waals surface area contributed by atoms with Crippen molar-refractivity contribution in [2.45, 2.75) is 6.42 Å². The van der Waals surface area contributed by atoms with Crippen LogP contribution in [0.3, 0.4) is 0 Å². The molecule has 96 valence electrons. The van der Waals surface area contributed by atoms with Gasteiger partial charge in [-0.3, -0.25) is 9.59 Å². The molecule has 0 radical (unpaired) electrons. The summed E-state index contributed by atoms with van der Waals surface area (Å²) in [6.45, 7) is 0.713. The lowest BCUT2D eigenvalue weighted by atomic mass is 10.1. The molecule has 1 aromatic heterocycles. The molecule has 1 aromatic rings. The van der Waals surface area contributed by atoms with Gasteiger partial charge in [0.15, 0.2) is 10.7 Å². The Morgan fingerprint density at radius 1 is 1.50 bits per heavy atom. The highest BCUT2D eigenvalue weighted by molar-refractivity contribution is 7.11. The van der Waals surface area contributed by atoms with Crippen LogP contribution < -0.4 is 5.73 Å². The van der Waals surface area contributed by atoms with Crippen LogP contribution in [-0.4, -0.2) is 45.9 Å². The number of carbonyl (C=O) groups excluding carboxylic acids is 2. The number of aromatic nitrogens is 1. The predicted molar refractivity (Wildman–Crippen MR) is 62.3 cm³/mol. The van der Waals surface area contributed by atoms with E-state index in [0.717, 1.165) is 11.3 Å². The van der Waals surface area contributed by atoms with E-state index in [-0.39, 0.29) is 29.1 Å². The third-order valence-electron chi connectivity index (χ3n) is 2.78. The second-order valence-electron chi connectivity index (χ2n) is 3.98. The van der Waals surface area contributed by atoms with Crippen LogP contribution in [0.5, 0.6) is 0 Å². The Balaban J connectivity index is 2.08. The lowest BCUT2D eigenvalue weighted by Crippen LogP contribution is -2.31. The number of likely N-dealkylation sites (tertiary alicyclic amines) is 1. The van der Waals surface area contributed by atoms with Crippen molar-refractivity contribution in [2.24, 2.45) is 11.7 Å². The number of carboxylic acids is 1. The average Bonchev–Trinajstić information content (AvgIpc) is 2.97. The Labute approximate surface area is 106 Å². The van der Waals surface area contributed by atoms with Crippen LogP contribution in [0.2, 0.25) is 0 Å². The molecule has 0 bridgehead atoms. The molecule has 0 aliphatic carbocycles. The van der Waals surface area contributed by atoms with Gasteiger partial charge in [0, 0.05) is 18.5 Å². The van der Waals surface area contributed by atoms with Gasteiger partial charge in [-0.25, -0.2) is 9.78 Å². The maximum Gasteiger partial charge on any atom is 0.355 e. The van der Waals surface area contributed by atoms with Gasteiger partial charge in [-0.1, -0.05) is 0 Å². The Morgan fingerprint density at radius 2 is 2.22 bits per heavy atom. The molecule has 2 rings (SSSR count). The van der Waals surface area contributed by atoms with Crippen LogP contribution >= 0.6 is 11.3 Å². The van der Waals surface area contributed by atoms with Crippen molar-refractivity contribution in [3.05, 3.63) is 16.1 Å². The zero-order valence-electron chi connectivity index (χ0n) is 9.33. The number of hydrogen-bond acceptors (Lipinski definition) is 5. The lowest BCUT2D eigenvalue weighted by Gasteiger charge is -2.13. The van der Waals surface area contributed by atoms with E-state index in [1.807, 2.05) is 0 Å². The standard InChI is InChI=1S/C10H11N3O4S/c11-7(14)5-1-2-13(3-5)9(15)8-12-6(4-18-8)10(16)17/h4-5H,1-3H2,(H2,11,14)(H,16,17). The van der Waals surface area contributed by atoms with Gasteiger partial charge >= 0.3 is 5.97 Å². The number of rotatable bonds is 3. The topological polar surface area (TPSA) is 114 Å². The number of amides is 2. The molecule has 1 fully saturated rings. The van der Waals surface area contributed by atoms with Crippen LogP contribution in [0.25, 0.3) is 0 Å². The molecule has 1 saturated heterocycles. The van der Waals surface area contributed by atoms with E-state index >= 15 is 0 Å². The van der Waals surface area contributed by atoms with Gasteiger partial charge in [0.1, 0.15) is 0 Å². The zero-order chi connectivity index (χ0) is 13.3. The molecule has 3 N–H and O–H groups in total. The Bertz CT molecular complexity index is 513. The normalized spacial score (nSPS) is 18.9. The van der Waals surface area contributed by atoms with Crippen LogP contribution in [0, 0.1) is 5.92 Å². The molecule has 18 heavy (non-hydrogen) atoms. The smallest absolute Gasteiger partial charge is 0.355 e. The van der Waals surface area contributed by atoms with Gasteiger partial charge in [-0.05, 0) is 6.42 Å². The number of nitrogens with two attached hydrogens (primary N) is 1. The monoisotopic (exact) mass is 269 g/mol. The first kappa shape index (κ1) is 12.5. The highest BCUT2D eigenvalue weighted by Gasteiger charge is 2.31. The van der Waals surface area contributed by atoms with Crippen molar-refractivity contribution in [2.75, 3.05) is 13.1 Å². The number of carbonyl (C=O) groups is 3. The summed E-state index contributed by atoms with van der Waals surface area (Å²) in [6, 6.07) is 0. The second kappa shape index (κ2) is 4.73. The first-order valence-corrected chi connectivity index (χ1v) is 6.14. The van der Waals surface area contributed by atoms with E-state index in [9.17, 15) is 14.4 Å². The first-order chi connectivity index (χ1) is 8.49. The highest BCUT2D eigenvalue weighted by Crippen LogP contribution is 2.20. The SMILES string of the molecule is NC(=O)C1CCN(C(=O)c2nc(C(=O)O)cs2)C1. The molecular formula is C10H11N3O4S. The first-order valence-electron chi connectivity index (χ1n) is 5.26. The molecule has 0 spiro atoms. The van der Waals surface area contributed by atoms with Crippen molar-refractivity contribution >= 4 is 29.1 Å². The van der Waals surface area contributed by atoms with Gasteiger partial charge in [0.05, 0.1) is 5.92 Å². The fraction of sp³-hybridized carbons (Fsp3) is 0.400. The highest BCUT2D eigenvalue weighted by atomic mass is 32.1. The molecule has 1 aliphatic heterocycles. The van der Waals surface area contributed by atoms with E-state index in [0.29, 0.717) is 13.0 Å². The van der Waals surface area contributed by atoms with Crippen molar-refractivity contribution < 1.29 is 19.5 Å². The van der Waals surface area contributed by atoms with Crippen LogP contribution in [0.4, 0.5) is 0 Å². The van der Waals surface area contributed by atoms with E-state index in [2.05, 4.69) is 4.98 Å². The number of primary amides is 1. The Hall–Kier alpha value is -1.96. The van der Waals surface area contributed by atoms with Gasteiger partial charge < -0.3 is 15.7 Å². The molecule has 8 heteroatoms. The molecule has 1 unspecified atom stereocenters. The van der Waals surface area contributed by atoms with E-state index in [1.54, 1.807) is 0 Å². The summed E-state index contributed by atoms with van der Waals surface area (Å²) in [5, 5.41) is 10.2. The maximum atomic E-state index is 12.0. The molecule has 7 nitrogen and oxygen atoms in total. The largest absolute Gasteiger partial charge is 0.476 e. The van der Waals surface area contributed by atoms with Gasteiger partial charge in [0.2, 0.25) is 5.91 Å². The summed E-state index contributed by atoms with van der Waals surface area (Å²) in [4.78, 5) is 38.8. The molecular weight excluding hydrogens is 258 g/mol. The van der Waals surface area contributed by atoms with Crippen LogP contribution in [-0.2, 0) is 4.79 Å². The molecule has 1 aliphatic rings. The van der Waals surface area contributed by atoms with Gasteiger partial charge in [-0.15, -0.1) is 11.3 Å². The quantitative estimate of drug-likeness (QED) is 0.788. The van der Waals surface area contributed by atoms with Crippen LogP contribution in [0.1, 0.15) is 26.7 Å². The number of hydrogen-bond donors (Lipinski definition) is 2. The van der Waals surface area contributed by atoms with Crippen LogP contribution in [0.15, 0.2) is 5.38 Å². The van der Waals surface area contributed by atoms with E-state index in [4.69, 9.17) is 10.8 Å². The summed E-state index contributed by atoms with van der Waals surface area (Å²) in [7, 11) is 0. The number of nitrogens with zero attached hydrogens (tertiary/aromatic N) is 2. The minimum Gasteiger partial charge on any atom is -0.476 e. The summed E-state index contributed by atoms with van der Waals surface area (Å²) < 4.78 is 0. The molecule has 0 saturated carbocycles. The van der Waals surface area contributed by atoms with E-state index < -0.39 is 11.9 Å². The average molecular weight is 269 g/mol. The number of carboxylic acid groups (broad SMARTS) is 1. The third kappa shape index (κ3) is 2.33. The maximum absolute atomic E-state index is 12.0. The van der Waals surface area contributed by atoms with Gasteiger partial charge in [-0.2, -0.15) is 0 Å². The molecule has 2 amide bonds. The van der Waals surface area contributed by atoms with Crippen molar-refractivity contribution in [3.63, 3.8) is 0 Å². The Morgan fingerprint density at radius 3 is 2.72 bits per heavy atom. The lowest BCUT2D eigenvalue weighted by molar-refractivity contribution is -0.121. The Kier molecular flexibility index (Phi) is 3.28. The summed E-state index contributed by atoms with van der Waals surface area (Å²) >= 11 is 0.983. The minimum absolute atomic E-state index is 0.123. The fourth-order valence-electron chi connectivity index (χ4n) is 1.78. The predicted octanol–water partition coefficient (Wildman–Crippen LogP) is -0.211. The molecule has 1 atom stereocenters. The number of aromatic carboxylic acids is 1. The van der Waals surface area contributed by atoms with Crippen molar-refractivity contribution in [3.8, 4) is 0 Å². The second-order valence-corrected chi connectivity index (χ2v) is 4.84. The van der Waals surface area contributed by atoms with Crippen molar-refractivity contribution in [1.29, 1.82) is 0 Å². The zero-order valence-corrected chi connectivity index (χ0v) is 10.1. The van der Waals surface area contributed by atoms with Crippen molar-refractivity contribution in [1.82, 2.24) is 9.88 Å². The summed E-state index contributed by atoms with van der Waals surface area (Å²) in [6.07, 6.45) is 0.540. The van der Waals surface area contributed by atoms with E-state index in [1.165, 1.54) is 10.3 Å². The minimum atomic E-state index is -1.17. The summed E-state index contributed by atoms with van der Waals surface area (Å²) in [5.74, 6) is -2.26. The van der Waals surface area contributed by atoms with Gasteiger partial charge in [0.25, 0.3) is 5.91 Å². The molecule has 2 heterocycles.